The largest absolute Gasteiger partial charge is 0.344 e. The van der Waals surface area contributed by atoms with E-state index in [1.54, 1.807) is 6.92 Å². The third-order valence-corrected chi connectivity index (χ3v) is 4.43. The topological polar surface area (TPSA) is 84.0 Å². The minimum atomic E-state index is -0.593. The van der Waals surface area contributed by atoms with Gasteiger partial charge in [0.2, 0.25) is 16.9 Å². The Balaban J connectivity index is 2.08. The Kier molecular flexibility index (Phi) is 6.03. The second-order valence-corrected chi connectivity index (χ2v) is 6.89. The highest BCUT2D eigenvalue weighted by atomic mass is 32.1. The first-order valence-electron chi connectivity index (χ1n) is 7.91. The van der Waals surface area contributed by atoms with Crippen LogP contribution in [0, 0.1) is 12.8 Å². The number of amides is 2. The molecular weight excluding hydrogens is 324 g/mol. The molecule has 0 radical (unpaired) electrons. The molecule has 0 saturated carbocycles. The van der Waals surface area contributed by atoms with Crippen molar-refractivity contribution < 1.29 is 9.59 Å². The molecule has 0 aliphatic heterocycles. The van der Waals surface area contributed by atoms with Crippen molar-refractivity contribution in [2.45, 2.75) is 40.2 Å². The predicted octanol–water partition coefficient (Wildman–Crippen LogP) is 3.00. The lowest BCUT2D eigenvalue weighted by Crippen LogP contribution is -2.46. The molecule has 0 fully saturated rings. The van der Waals surface area contributed by atoms with Crippen LogP contribution in [-0.4, -0.2) is 28.1 Å². The van der Waals surface area contributed by atoms with Crippen LogP contribution in [0.25, 0.3) is 10.6 Å². The van der Waals surface area contributed by atoms with Gasteiger partial charge >= 0.3 is 0 Å². The summed E-state index contributed by atoms with van der Waals surface area (Å²) in [4.78, 5) is 24.0. The lowest BCUT2D eigenvalue weighted by molar-refractivity contribution is -0.127. The van der Waals surface area contributed by atoms with Crippen molar-refractivity contribution in [2.24, 2.45) is 5.92 Å². The molecule has 0 unspecified atom stereocenters. The normalized spacial score (nSPS) is 12.0. The summed E-state index contributed by atoms with van der Waals surface area (Å²) in [5.74, 6) is -0.454. The molecule has 2 rings (SSSR count). The van der Waals surface area contributed by atoms with E-state index in [-0.39, 0.29) is 17.7 Å². The Morgan fingerprint density at radius 1 is 1.17 bits per heavy atom. The molecule has 1 heterocycles. The van der Waals surface area contributed by atoms with Gasteiger partial charge in [-0.15, -0.1) is 10.2 Å². The first kappa shape index (κ1) is 18.1. The number of aryl methyl sites for hydroxylation is 1. The third-order valence-electron chi connectivity index (χ3n) is 3.54. The van der Waals surface area contributed by atoms with Crippen molar-refractivity contribution in [3.8, 4) is 10.6 Å². The number of nitrogens with one attached hydrogen (secondary N) is 2. The molecule has 1 aromatic carbocycles. The van der Waals surface area contributed by atoms with Crippen LogP contribution in [-0.2, 0) is 9.59 Å². The van der Waals surface area contributed by atoms with E-state index >= 15 is 0 Å². The maximum Gasteiger partial charge on any atom is 0.249 e. The molecule has 0 bridgehead atoms. The summed E-state index contributed by atoms with van der Waals surface area (Å²) in [6.45, 7) is 7.55. The highest BCUT2D eigenvalue weighted by Crippen LogP contribution is 2.26. The van der Waals surface area contributed by atoms with E-state index in [9.17, 15) is 9.59 Å². The van der Waals surface area contributed by atoms with Crippen LogP contribution in [0.4, 0.5) is 5.13 Å². The maximum atomic E-state index is 12.4. The summed E-state index contributed by atoms with van der Waals surface area (Å²) in [5, 5.41) is 14.8. The Labute approximate surface area is 145 Å². The number of hydrogen-bond acceptors (Lipinski definition) is 5. The van der Waals surface area contributed by atoms with Gasteiger partial charge in [0.25, 0.3) is 0 Å². The fraction of sp³-hybridized carbons (Fsp3) is 0.412. The smallest absolute Gasteiger partial charge is 0.249 e. The molecule has 0 saturated heterocycles. The number of aromatic nitrogens is 2. The molecule has 1 aromatic heterocycles. The Hall–Kier alpha value is -2.28. The third kappa shape index (κ3) is 4.61. The van der Waals surface area contributed by atoms with Gasteiger partial charge in [-0.3, -0.25) is 14.9 Å². The Morgan fingerprint density at radius 3 is 2.42 bits per heavy atom. The summed E-state index contributed by atoms with van der Waals surface area (Å²) in [6.07, 6.45) is 0.340. The average molecular weight is 346 g/mol. The van der Waals surface area contributed by atoms with Crippen LogP contribution in [0.2, 0.25) is 0 Å². The summed E-state index contributed by atoms with van der Waals surface area (Å²) < 4.78 is 0. The van der Waals surface area contributed by atoms with Gasteiger partial charge in [-0.1, -0.05) is 61.9 Å². The molecule has 24 heavy (non-hydrogen) atoms. The van der Waals surface area contributed by atoms with Crippen LogP contribution in [0.5, 0.6) is 0 Å². The van der Waals surface area contributed by atoms with E-state index in [0.717, 1.165) is 10.6 Å². The number of carbonyl (C=O) groups is 2. The molecule has 2 aromatic rings. The van der Waals surface area contributed by atoms with Crippen LogP contribution >= 0.6 is 11.3 Å². The van der Waals surface area contributed by atoms with Crippen LogP contribution in [0.3, 0.4) is 0 Å². The summed E-state index contributed by atoms with van der Waals surface area (Å²) in [6, 6.07) is 7.36. The first-order valence-corrected chi connectivity index (χ1v) is 8.73. The second kappa shape index (κ2) is 8.01. The molecule has 6 nitrogen and oxygen atoms in total. The lowest BCUT2D eigenvalue weighted by atomic mass is 10.0. The number of carbonyl (C=O) groups excluding carboxylic acids is 2. The monoisotopic (exact) mass is 346 g/mol. The molecular formula is C17H22N4O2S. The van der Waals surface area contributed by atoms with E-state index < -0.39 is 6.04 Å². The van der Waals surface area contributed by atoms with Crippen molar-refractivity contribution in [2.75, 3.05) is 5.32 Å². The molecule has 0 aliphatic carbocycles. The molecule has 2 N–H and O–H groups in total. The Morgan fingerprint density at radius 2 is 1.83 bits per heavy atom. The summed E-state index contributed by atoms with van der Waals surface area (Å²) in [5.41, 5.74) is 2.13. The lowest BCUT2D eigenvalue weighted by Gasteiger charge is -2.20. The van der Waals surface area contributed by atoms with Crippen LogP contribution in [0.1, 0.15) is 32.8 Å². The number of nitrogens with zero attached hydrogens (tertiary/aromatic N) is 2. The zero-order valence-electron chi connectivity index (χ0n) is 14.3. The van der Waals surface area contributed by atoms with Gasteiger partial charge in [0, 0.05) is 12.0 Å². The zero-order valence-corrected chi connectivity index (χ0v) is 15.1. The fourth-order valence-corrected chi connectivity index (χ4v) is 2.83. The Bertz CT molecular complexity index is 710. The molecule has 0 aliphatic rings. The van der Waals surface area contributed by atoms with Crippen molar-refractivity contribution in [1.82, 2.24) is 15.5 Å². The number of anilines is 1. The van der Waals surface area contributed by atoms with Crippen LogP contribution in [0.15, 0.2) is 24.3 Å². The van der Waals surface area contributed by atoms with Crippen molar-refractivity contribution in [3.63, 3.8) is 0 Å². The van der Waals surface area contributed by atoms with Gasteiger partial charge in [0.05, 0.1) is 0 Å². The minimum absolute atomic E-state index is 0.0232. The SMILES string of the molecule is CCC(=O)N[C@@H](C(=O)Nc1nnc(-c2ccc(C)cc2)s1)C(C)C. The maximum absolute atomic E-state index is 12.4. The van der Waals surface area contributed by atoms with E-state index in [1.807, 2.05) is 45.0 Å². The number of benzene rings is 1. The summed E-state index contributed by atoms with van der Waals surface area (Å²) in [7, 11) is 0. The molecule has 1 atom stereocenters. The van der Waals surface area contributed by atoms with E-state index in [2.05, 4.69) is 20.8 Å². The molecule has 2 amide bonds. The number of hydrogen-bond donors (Lipinski definition) is 2. The minimum Gasteiger partial charge on any atom is -0.344 e. The first-order chi connectivity index (χ1) is 11.4. The standard InChI is InChI=1S/C17H22N4O2S/c1-5-13(22)18-14(10(2)3)15(23)19-17-21-20-16(24-17)12-8-6-11(4)7-9-12/h6-10,14H,5H2,1-4H3,(H,18,22)(H,19,21,23)/t14-/m1/s1. The molecule has 0 spiro atoms. The zero-order chi connectivity index (χ0) is 17.7. The van der Waals surface area contributed by atoms with Gasteiger partial charge in [0.1, 0.15) is 11.0 Å². The van der Waals surface area contributed by atoms with Gasteiger partial charge in [-0.2, -0.15) is 0 Å². The fourth-order valence-electron chi connectivity index (χ4n) is 2.08. The molecule has 7 heteroatoms. The van der Waals surface area contributed by atoms with Gasteiger partial charge in [-0.25, -0.2) is 0 Å². The predicted molar refractivity (Wildman–Crippen MR) is 95.8 cm³/mol. The second-order valence-electron chi connectivity index (χ2n) is 5.91. The average Bonchev–Trinajstić information content (AvgIpc) is 3.00. The highest BCUT2D eigenvalue weighted by Gasteiger charge is 2.24. The van der Waals surface area contributed by atoms with Crippen molar-refractivity contribution >= 4 is 28.3 Å². The van der Waals surface area contributed by atoms with E-state index in [4.69, 9.17) is 0 Å². The van der Waals surface area contributed by atoms with E-state index in [0.29, 0.717) is 11.6 Å². The summed E-state index contributed by atoms with van der Waals surface area (Å²) >= 11 is 1.31. The highest BCUT2D eigenvalue weighted by molar-refractivity contribution is 7.18. The number of rotatable bonds is 6. The van der Waals surface area contributed by atoms with Crippen LogP contribution < -0.4 is 10.6 Å². The van der Waals surface area contributed by atoms with E-state index in [1.165, 1.54) is 16.9 Å². The van der Waals surface area contributed by atoms with Gasteiger partial charge in [-0.05, 0) is 12.8 Å². The van der Waals surface area contributed by atoms with Crippen molar-refractivity contribution in [1.29, 1.82) is 0 Å². The van der Waals surface area contributed by atoms with Gasteiger partial charge < -0.3 is 5.32 Å². The van der Waals surface area contributed by atoms with Crippen molar-refractivity contribution in [3.05, 3.63) is 29.8 Å². The quantitative estimate of drug-likeness (QED) is 0.842. The molecule has 128 valence electrons. The van der Waals surface area contributed by atoms with Gasteiger partial charge in [0.15, 0.2) is 0 Å².